The van der Waals surface area contributed by atoms with Gasteiger partial charge in [-0.05, 0) is 24.8 Å². The molecule has 8 nitrogen and oxygen atoms in total. The number of nitro benzene ring substituents is 1. The smallest absolute Gasteiger partial charge is 0.339 e. The quantitative estimate of drug-likeness (QED) is 0.491. The third-order valence-electron chi connectivity index (χ3n) is 4.02. The number of halogens is 1. The van der Waals surface area contributed by atoms with E-state index in [0.29, 0.717) is 18.8 Å². The highest BCUT2D eigenvalue weighted by Crippen LogP contribution is 2.36. The zero-order valence-electron chi connectivity index (χ0n) is 13.2. The van der Waals surface area contributed by atoms with E-state index in [1.807, 2.05) is 4.90 Å². The maximum Gasteiger partial charge on any atom is 0.339 e. The molecule has 1 fully saturated rings. The van der Waals surface area contributed by atoms with E-state index in [9.17, 15) is 19.7 Å². The first-order valence-corrected chi connectivity index (χ1v) is 7.80. The van der Waals surface area contributed by atoms with Gasteiger partial charge in [-0.25, -0.2) is 4.79 Å². The second-order valence-corrected chi connectivity index (χ2v) is 6.10. The molecule has 1 aromatic rings. The van der Waals surface area contributed by atoms with E-state index in [1.165, 1.54) is 13.2 Å². The maximum atomic E-state index is 11.7. The summed E-state index contributed by atoms with van der Waals surface area (Å²) in [6.45, 7) is 1.07. The number of methoxy groups -OCH3 is 1. The van der Waals surface area contributed by atoms with Crippen molar-refractivity contribution >= 4 is 34.9 Å². The van der Waals surface area contributed by atoms with Crippen LogP contribution < -0.4 is 10.6 Å². The number of hydrogen-bond acceptors (Lipinski definition) is 6. The molecule has 1 atom stereocenters. The Bertz CT molecular complexity index is 679. The molecule has 1 unspecified atom stereocenters. The highest BCUT2D eigenvalue weighted by atomic mass is 35.5. The van der Waals surface area contributed by atoms with Gasteiger partial charge in [-0.1, -0.05) is 11.6 Å². The molecule has 9 heteroatoms. The first-order chi connectivity index (χ1) is 11.3. The number of rotatable bonds is 5. The zero-order chi connectivity index (χ0) is 17.9. The van der Waals surface area contributed by atoms with Crippen LogP contribution >= 0.6 is 11.6 Å². The Hall–Kier alpha value is -2.35. The van der Waals surface area contributed by atoms with Crippen LogP contribution in [-0.2, 0) is 9.53 Å². The van der Waals surface area contributed by atoms with Gasteiger partial charge in [0, 0.05) is 25.6 Å². The van der Waals surface area contributed by atoms with Gasteiger partial charge in [0.05, 0.1) is 22.6 Å². The van der Waals surface area contributed by atoms with Crippen LogP contribution in [0, 0.1) is 16.0 Å². The summed E-state index contributed by atoms with van der Waals surface area (Å²) in [7, 11) is 1.18. The van der Waals surface area contributed by atoms with Gasteiger partial charge in [0.2, 0.25) is 5.91 Å². The highest BCUT2D eigenvalue weighted by molar-refractivity contribution is 6.34. The number of primary amides is 1. The second-order valence-electron chi connectivity index (χ2n) is 5.69. The molecule has 0 saturated carbocycles. The van der Waals surface area contributed by atoms with Gasteiger partial charge < -0.3 is 15.4 Å². The minimum atomic E-state index is -0.736. The number of amides is 1. The van der Waals surface area contributed by atoms with Crippen LogP contribution in [0.2, 0.25) is 5.02 Å². The van der Waals surface area contributed by atoms with Crippen LogP contribution in [0.5, 0.6) is 0 Å². The molecule has 0 bridgehead atoms. The van der Waals surface area contributed by atoms with Gasteiger partial charge in [-0.15, -0.1) is 0 Å². The predicted molar refractivity (Wildman–Crippen MR) is 88.2 cm³/mol. The number of ether oxygens (including phenoxy) is 1. The summed E-state index contributed by atoms with van der Waals surface area (Å²) < 4.78 is 4.59. The Morgan fingerprint density at radius 1 is 1.50 bits per heavy atom. The number of benzene rings is 1. The average molecular weight is 356 g/mol. The van der Waals surface area contributed by atoms with Crippen LogP contribution in [-0.4, -0.2) is 37.0 Å². The maximum absolute atomic E-state index is 11.7. The summed E-state index contributed by atoms with van der Waals surface area (Å²) in [4.78, 5) is 35.4. The third-order valence-corrected chi connectivity index (χ3v) is 4.33. The minimum absolute atomic E-state index is 0.0370. The van der Waals surface area contributed by atoms with E-state index >= 15 is 0 Å². The number of esters is 1. The summed E-state index contributed by atoms with van der Waals surface area (Å²) in [6, 6.07) is 2.53. The van der Waals surface area contributed by atoms with Crippen molar-refractivity contribution in [1.82, 2.24) is 0 Å². The molecule has 1 amide bonds. The van der Waals surface area contributed by atoms with Gasteiger partial charge in [0.1, 0.15) is 5.69 Å². The van der Waals surface area contributed by atoms with Crippen molar-refractivity contribution in [3.63, 3.8) is 0 Å². The van der Waals surface area contributed by atoms with E-state index in [1.54, 1.807) is 0 Å². The van der Waals surface area contributed by atoms with Crippen molar-refractivity contribution in [2.75, 3.05) is 25.1 Å². The van der Waals surface area contributed by atoms with E-state index in [2.05, 4.69) is 4.74 Å². The number of carbonyl (C=O) groups is 2. The molecule has 0 spiro atoms. The van der Waals surface area contributed by atoms with Crippen LogP contribution in [0.15, 0.2) is 12.1 Å². The van der Waals surface area contributed by atoms with Crippen LogP contribution in [0.25, 0.3) is 0 Å². The number of carbonyl (C=O) groups excluding carboxylic acids is 2. The lowest BCUT2D eigenvalue weighted by Gasteiger charge is -2.33. The molecule has 1 aliphatic heterocycles. The predicted octanol–water partition coefficient (Wildman–Crippen LogP) is 2.13. The first-order valence-electron chi connectivity index (χ1n) is 7.43. The van der Waals surface area contributed by atoms with Gasteiger partial charge >= 0.3 is 5.97 Å². The molecule has 0 aliphatic carbocycles. The van der Waals surface area contributed by atoms with Crippen LogP contribution in [0.4, 0.5) is 11.4 Å². The topological polar surface area (TPSA) is 116 Å². The van der Waals surface area contributed by atoms with Crippen LogP contribution in [0.3, 0.4) is 0 Å². The van der Waals surface area contributed by atoms with Crippen molar-refractivity contribution in [2.45, 2.75) is 19.3 Å². The lowest BCUT2D eigenvalue weighted by Crippen LogP contribution is -2.37. The monoisotopic (exact) mass is 355 g/mol. The van der Waals surface area contributed by atoms with Crippen molar-refractivity contribution in [1.29, 1.82) is 0 Å². The minimum Gasteiger partial charge on any atom is -0.465 e. The molecule has 0 aromatic heterocycles. The Morgan fingerprint density at radius 2 is 2.21 bits per heavy atom. The molecule has 130 valence electrons. The van der Waals surface area contributed by atoms with E-state index in [0.717, 1.165) is 18.9 Å². The molecule has 1 aromatic carbocycles. The summed E-state index contributed by atoms with van der Waals surface area (Å²) in [5, 5.41) is 11.5. The number of anilines is 1. The summed E-state index contributed by atoms with van der Waals surface area (Å²) >= 11 is 6.10. The molecule has 2 rings (SSSR count). The molecular weight excluding hydrogens is 338 g/mol. The molecule has 2 N–H and O–H groups in total. The molecule has 24 heavy (non-hydrogen) atoms. The lowest BCUT2D eigenvalue weighted by molar-refractivity contribution is -0.384. The molecule has 0 radical (unpaired) electrons. The fourth-order valence-electron chi connectivity index (χ4n) is 2.95. The number of nitrogens with two attached hydrogens (primary N) is 1. The summed E-state index contributed by atoms with van der Waals surface area (Å²) in [6.07, 6.45) is 1.85. The standard InChI is InChI=1S/C15H18ClN3O5/c1-24-15(21)10-6-13(19(22)23)12(7-11(10)16)18-4-2-3-9(8-18)5-14(17)20/h6-7,9H,2-5,8H2,1H3,(H2,17,20). The fourth-order valence-corrected chi connectivity index (χ4v) is 3.19. The Labute approximate surface area is 143 Å². The Morgan fingerprint density at radius 3 is 2.79 bits per heavy atom. The zero-order valence-corrected chi connectivity index (χ0v) is 13.9. The van der Waals surface area contributed by atoms with Crippen molar-refractivity contribution in [2.24, 2.45) is 11.7 Å². The van der Waals surface area contributed by atoms with Gasteiger partial charge in [-0.2, -0.15) is 0 Å². The molecule has 1 saturated heterocycles. The van der Waals surface area contributed by atoms with E-state index in [-0.39, 0.29) is 28.6 Å². The van der Waals surface area contributed by atoms with Crippen molar-refractivity contribution in [3.8, 4) is 0 Å². The van der Waals surface area contributed by atoms with E-state index in [4.69, 9.17) is 17.3 Å². The summed E-state index contributed by atoms with van der Waals surface area (Å²) in [5.74, 6) is -1.09. The normalized spacial score (nSPS) is 17.4. The molecule has 1 heterocycles. The largest absolute Gasteiger partial charge is 0.465 e. The Kier molecular flexibility index (Phi) is 5.61. The highest BCUT2D eigenvalue weighted by Gasteiger charge is 2.29. The first kappa shape index (κ1) is 18.0. The number of piperidine rings is 1. The fraction of sp³-hybridized carbons (Fsp3) is 0.467. The molecule has 1 aliphatic rings. The van der Waals surface area contributed by atoms with E-state index < -0.39 is 16.8 Å². The van der Waals surface area contributed by atoms with Crippen molar-refractivity contribution in [3.05, 3.63) is 32.8 Å². The number of hydrogen-bond donors (Lipinski definition) is 1. The number of nitro groups is 1. The molecular formula is C15H18ClN3O5. The second kappa shape index (κ2) is 7.48. The SMILES string of the molecule is COC(=O)c1cc([N+](=O)[O-])c(N2CCCC(CC(N)=O)C2)cc1Cl. The van der Waals surface area contributed by atoms with Gasteiger partial charge in [-0.3, -0.25) is 14.9 Å². The third kappa shape index (κ3) is 3.94. The number of nitrogens with zero attached hydrogens (tertiary/aromatic N) is 2. The Balaban J connectivity index is 2.38. The summed E-state index contributed by atoms with van der Waals surface area (Å²) in [5.41, 5.74) is 5.29. The van der Waals surface area contributed by atoms with Gasteiger partial charge in [0.25, 0.3) is 5.69 Å². The van der Waals surface area contributed by atoms with Crippen molar-refractivity contribution < 1.29 is 19.2 Å². The average Bonchev–Trinajstić information content (AvgIpc) is 2.53. The van der Waals surface area contributed by atoms with Gasteiger partial charge in [0.15, 0.2) is 0 Å². The van der Waals surface area contributed by atoms with Crippen LogP contribution in [0.1, 0.15) is 29.6 Å². The lowest BCUT2D eigenvalue weighted by atomic mass is 9.94.